The van der Waals surface area contributed by atoms with Crippen molar-refractivity contribution in [2.45, 2.75) is 19.4 Å². The normalized spacial score (nSPS) is 21.3. The van der Waals surface area contributed by atoms with E-state index in [2.05, 4.69) is 10.2 Å². The van der Waals surface area contributed by atoms with Gasteiger partial charge in [-0.05, 0) is 44.0 Å². The Bertz CT molecular complexity index is 453. The molecule has 2 rings (SSSR count). The Balaban J connectivity index is 1.93. The second-order valence-electron chi connectivity index (χ2n) is 5.01. The first-order valence-electron chi connectivity index (χ1n) is 6.51. The molecule has 104 valence electrons. The third kappa shape index (κ3) is 3.69. The zero-order valence-electron chi connectivity index (χ0n) is 11.0. The lowest BCUT2D eigenvalue weighted by Gasteiger charge is -2.23. The number of aliphatic hydroxyl groups excluding tert-OH is 1. The van der Waals surface area contributed by atoms with Crippen LogP contribution in [0.2, 0.25) is 5.02 Å². The topological polar surface area (TPSA) is 52.6 Å². The van der Waals surface area contributed by atoms with Gasteiger partial charge in [-0.15, -0.1) is 0 Å². The summed E-state index contributed by atoms with van der Waals surface area (Å²) >= 11 is 5.88. The summed E-state index contributed by atoms with van der Waals surface area (Å²) in [7, 11) is 0. The van der Waals surface area contributed by atoms with Gasteiger partial charge in [-0.1, -0.05) is 17.7 Å². The molecule has 1 fully saturated rings. The fourth-order valence-electron chi connectivity index (χ4n) is 2.34. The molecule has 1 aromatic carbocycles. The minimum Gasteiger partial charge on any atom is -0.396 e. The van der Waals surface area contributed by atoms with Crippen molar-refractivity contribution in [1.82, 2.24) is 4.90 Å². The van der Waals surface area contributed by atoms with E-state index >= 15 is 0 Å². The van der Waals surface area contributed by atoms with Gasteiger partial charge in [0.25, 0.3) is 0 Å². The first-order chi connectivity index (χ1) is 9.10. The van der Waals surface area contributed by atoms with Crippen LogP contribution in [0.15, 0.2) is 24.3 Å². The van der Waals surface area contributed by atoms with Gasteiger partial charge >= 0.3 is 0 Å². The van der Waals surface area contributed by atoms with E-state index in [0.29, 0.717) is 16.6 Å². The molecule has 4 nitrogen and oxygen atoms in total. The van der Waals surface area contributed by atoms with E-state index in [1.165, 1.54) is 0 Å². The Kier molecular flexibility index (Phi) is 4.80. The van der Waals surface area contributed by atoms with Crippen LogP contribution in [0.5, 0.6) is 0 Å². The molecule has 0 radical (unpaired) electrons. The van der Waals surface area contributed by atoms with E-state index in [-0.39, 0.29) is 18.6 Å². The number of hydrogen-bond donors (Lipinski definition) is 2. The van der Waals surface area contributed by atoms with E-state index in [1.807, 2.05) is 13.0 Å². The Hall–Kier alpha value is -1.10. The molecule has 1 aliphatic heterocycles. The maximum atomic E-state index is 12.1. The standard InChI is InChI=1S/C14H19ClN2O2/c1-10(17-6-5-11(8-17)9-18)14(19)16-13-4-2-3-12(15)7-13/h2-4,7,10-11,18H,5-6,8-9H2,1H3,(H,16,19). The summed E-state index contributed by atoms with van der Waals surface area (Å²) in [6, 6.07) is 6.92. The zero-order valence-corrected chi connectivity index (χ0v) is 11.7. The number of amides is 1. The molecule has 0 saturated carbocycles. The average Bonchev–Trinajstić information content (AvgIpc) is 2.86. The molecule has 1 saturated heterocycles. The van der Waals surface area contributed by atoms with Crippen LogP contribution in [0.4, 0.5) is 5.69 Å². The predicted octanol–water partition coefficient (Wildman–Crippen LogP) is 1.98. The van der Waals surface area contributed by atoms with Crippen LogP contribution < -0.4 is 5.32 Å². The average molecular weight is 283 g/mol. The minimum atomic E-state index is -0.199. The summed E-state index contributed by atoms with van der Waals surface area (Å²) in [6.07, 6.45) is 0.950. The first-order valence-corrected chi connectivity index (χ1v) is 6.89. The summed E-state index contributed by atoms with van der Waals surface area (Å²) < 4.78 is 0. The molecule has 0 aromatic heterocycles. The van der Waals surface area contributed by atoms with E-state index in [1.54, 1.807) is 18.2 Å². The van der Waals surface area contributed by atoms with Crippen LogP contribution in [0, 0.1) is 5.92 Å². The SMILES string of the molecule is CC(C(=O)Nc1cccc(Cl)c1)N1CCC(CO)C1. The van der Waals surface area contributed by atoms with Crippen molar-refractivity contribution in [2.24, 2.45) is 5.92 Å². The summed E-state index contributed by atoms with van der Waals surface area (Å²) in [6.45, 7) is 3.72. The molecule has 1 amide bonds. The molecule has 1 aliphatic rings. The largest absolute Gasteiger partial charge is 0.396 e. The van der Waals surface area contributed by atoms with Crippen LogP contribution in [-0.4, -0.2) is 41.7 Å². The minimum absolute atomic E-state index is 0.0409. The Morgan fingerprint density at radius 3 is 3.05 bits per heavy atom. The summed E-state index contributed by atoms with van der Waals surface area (Å²) in [5.74, 6) is 0.252. The van der Waals surface area contributed by atoms with E-state index in [9.17, 15) is 4.79 Å². The second-order valence-corrected chi connectivity index (χ2v) is 5.44. The molecule has 2 unspecified atom stereocenters. The maximum absolute atomic E-state index is 12.1. The highest BCUT2D eigenvalue weighted by Crippen LogP contribution is 2.20. The Morgan fingerprint density at radius 2 is 2.42 bits per heavy atom. The van der Waals surface area contributed by atoms with Crippen LogP contribution in [0.3, 0.4) is 0 Å². The molecule has 1 aromatic rings. The van der Waals surface area contributed by atoms with Gasteiger partial charge in [-0.2, -0.15) is 0 Å². The number of benzene rings is 1. The highest BCUT2D eigenvalue weighted by molar-refractivity contribution is 6.30. The molecule has 1 heterocycles. The zero-order chi connectivity index (χ0) is 13.8. The van der Waals surface area contributed by atoms with Crippen molar-refractivity contribution in [3.05, 3.63) is 29.3 Å². The third-order valence-corrected chi connectivity index (χ3v) is 3.83. The van der Waals surface area contributed by atoms with Crippen molar-refractivity contribution >= 4 is 23.2 Å². The third-order valence-electron chi connectivity index (χ3n) is 3.59. The van der Waals surface area contributed by atoms with Crippen molar-refractivity contribution in [2.75, 3.05) is 25.0 Å². The van der Waals surface area contributed by atoms with Crippen LogP contribution in [-0.2, 0) is 4.79 Å². The molecular formula is C14H19ClN2O2. The quantitative estimate of drug-likeness (QED) is 0.888. The number of carbonyl (C=O) groups excluding carboxylic acids is 1. The molecule has 5 heteroatoms. The predicted molar refractivity (Wildman–Crippen MR) is 76.3 cm³/mol. The van der Waals surface area contributed by atoms with Gasteiger partial charge < -0.3 is 10.4 Å². The monoisotopic (exact) mass is 282 g/mol. The Morgan fingerprint density at radius 1 is 1.63 bits per heavy atom. The van der Waals surface area contributed by atoms with Gasteiger partial charge in [-0.3, -0.25) is 9.69 Å². The van der Waals surface area contributed by atoms with Crippen molar-refractivity contribution in [3.63, 3.8) is 0 Å². The molecule has 2 atom stereocenters. The number of aliphatic hydroxyl groups is 1. The lowest BCUT2D eigenvalue weighted by molar-refractivity contribution is -0.120. The number of hydrogen-bond acceptors (Lipinski definition) is 3. The van der Waals surface area contributed by atoms with E-state index in [4.69, 9.17) is 16.7 Å². The smallest absolute Gasteiger partial charge is 0.241 e. The lowest BCUT2D eigenvalue weighted by Crippen LogP contribution is -2.40. The number of halogens is 1. The van der Waals surface area contributed by atoms with E-state index in [0.717, 1.165) is 19.5 Å². The highest BCUT2D eigenvalue weighted by atomic mass is 35.5. The lowest BCUT2D eigenvalue weighted by atomic mass is 10.1. The van der Waals surface area contributed by atoms with Crippen molar-refractivity contribution < 1.29 is 9.90 Å². The summed E-state index contributed by atoms with van der Waals surface area (Å²) in [4.78, 5) is 14.2. The number of carbonyl (C=O) groups is 1. The summed E-state index contributed by atoms with van der Waals surface area (Å²) in [5.41, 5.74) is 0.710. The Labute approximate surface area is 118 Å². The molecule has 19 heavy (non-hydrogen) atoms. The fourth-order valence-corrected chi connectivity index (χ4v) is 2.53. The first kappa shape index (κ1) is 14.3. The van der Waals surface area contributed by atoms with Crippen molar-refractivity contribution in [3.8, 4) is 0 Å². The van der Waals surface area contributed by atoms with Gasteiger partial charge in [-0.25, -0.2) is 0 Å². The number of anilines is 1. The number of rotatable bonds is 4. The van der Waals surface area contributed by atoms with Crippen LogP contribution in [0.25, 0.3) is 0 Å². The van der Waals surface area contributed by atoms with Gasteiger partial charge in [0.2, 0.25) is 5.91 Å². The van der Waals surface area contributed by atoms with Gasteiger partial charge in [0.1, 0.15) is 0 Å². The van der Waals surface area contributed by atoms with Crippen molar-refractivity contribution in [1.29, 1.82) is 0 Å². The number of nitrogens with one attached hydrogen (secondary N) is 1. The van der Waals surface area contributed by atoms with Crippen LogP contribution >= 0.6 is 11.6 Å². The molecule has 2 N–H and O–H groups in total. The second kappa shape index (κ2) is 6.37. The maximum Gasteiger partial charge on any atom is 0.241 e. The molecule has 0 aliphatic carbocycles. The number of likely N-dealkylation sites (tertiary alicyclic amines) is 1. The number of nitrogens with zero attached hydrogens (tertiary/aromatic N) is 1. The van der Waals surface area contributed by atoms with Gasteiger partial charge in [0, 0.05) is 23.9 Å². The molecule has 0 spiro atoms. The molecule has 0 bridgehead atoms. The van der Waals surface area contributed by atoms with E-state index < -0.39 is 0 Å². The van der Waals surface area contributed by atoms with Gasteiger partial charge in [0.15, 0.2) is 0 Å². The highest BCUT2D eigenvalue weighted by Gasteiger charge is 2.29. The summed E-state index contributed by atoms with van der Waals surface area (Å²) in [5, 5.41) is 12.6. The fraction of sp³-hybridized carbons (Fsp3) is 0.500. The molecular weight excluding hydrogens is 264 g/mol. The van der Waals surface area contributed by atoms with Crippen LogP contribution in [0.1, 0.15) is 13.3 Å². The van der Waals surface area contributed by atoms with Gasteiger partial charge in [0.05, 0.1) is 6.04 Å².